The van der Waals surface area contributed by atoms with Crippen molar-refractivity contribution in [1.29, 1.82) is 0 Å². The van der Waals surface area contributed by atoms with E-state index >= 15 is 0 Å². The van der Waals surface area contributed by atoms with E-state index < -0.39 is 5.41 Å². The number of benzene rings is 1. The third-order valence-electron chi connectivity index (χ3n) is 4.26. The van der Waals surface area contributed by atoms with Crippen molar-refractivity contribution >= 4 is 18.3 Å². The number of carbonyl (C=O) groups is 1. The minimum Gasteiger partial charge on any atom is -0.381 e. The van der Waals surface area contributed by atoms with Crippen LogP contribution in [0.3, 0.4) is 0 Å². The van der Waals surface area contributed by atoms with Crippen molar-refractivity contribution in [1.82, 2.24) is 5.32 Å². The lowest BCUT2D eigenvalue weighted by atomic mass is 9.79. The molecule has 0 atom stereocenters. The van der Waals surface area contributed by atoms with Crippen molar-refractivity contribution in [2.45, 2.75) is 33.2 Å². The lowest BCUT2D eigenvalue weighted by Gasteiger charge is -2.34. The van der Waals surface area contributed by atoms with Gasteiger partial charge < -0.3 is 15.8 Å². The molecule has 1 aliphatic rings. The highest BCUT2D eigenvalue weighted by molar-refractivity contribution is 5.85. The number of amides is 1. The van der Waals surface area contributed by atoms with Gasteiger partial charge >= 0.3 is 0 Å². The first kappa shape index (κ1) is 18.0. The SMILES string of the molecule is Cc1ccc(CNC(=O)C2(CN)CCOCC2)c(C)c1.Cl. The van der Waals surface area contributed by atoms with E-state index in [4.69, 9.17) is 10.5 Å². The summed E-state index contributed by atoms with van der Waals surface area (Å²) in [6.07, 6.45) is 1.42. The maximum atomic E-state index is 12.5. The van der Waals surface area contributed by atoms with E-state index in [0.29, 0.717) is 39.1 Å². The van der Waals surface area contributed by atoms with E-state index in [2.05, 4.69) is 37.4 Å². The number of nitrogens with two attached hydrogens (primary N) is 1. The van der Waals surface area contributed by atoms with Gasteiger partial charge in [-0.25, -0.2) is 0 Å². The highest BCUT2D eigenvalue weighted by Crippen LogP contribution is 2.29. The van der Waals surface area contributed by atoms with Crippen LogP contribution in [0.15, 0.2) is 18.2 Å². The molecule has 2 rings (SSSR count). The molecule has 0 saturated carbocycles. The zero-order valence-electron chi connectivity index (χ0n) is 12.8. The molecule has 4 nitrogen and oxygen atoms in total. The zero-order valence-corrected chi connectivity index (χ0v) is 13.6. The summed E-state index contributed by atoms with van der Waals surface area (Å²) in [4.78, 5) is 12.5. The number of carbonyl (C=O) groups excluding carboxylic acids is 1. The first-order chi connectivity index (χ1) is 9.57. The van der Waals surface area contributed by atoms with Crippen LogP contribution < -0.4 is 11.1 Å². The third kappa shape index (κ3) is 4.19. The van der Waals surface area contributed by atoms with Crippen molar-refractivity contribution in [2.75, 3.05) is 19.8 Å². The van der Waals surface area contributed by atoms with Crippen LogP contribution in [0.1, 0.15) is 29.5 Å². The summed E-state index contributed by atoms with van der Waals surface area (Å²) in [5, 5.41) is 3.05. The second-order valence-electron chi connectivity index (χ2n) is 5.71. The summed E-state index contributed by atoms with van der Waals surface area (Å²) in [5.41, 5.74) is 8.99. The number of hydrogen-bond donors (Lipinski definition) is 2. The second kappa shape index (κ2) is 7.78. The molecule has 5 heteroatoms. The van der Waals surface area contributed by atoms with Gasteiger partial charge in [-0.3, -0.25) is 4.79 Å². The Kier molecular flexibility index (Phi) is 6.65. The average molecular weight is 313 g/mol. The molecule has 1 aromatic rings. The molecule has 3 N–H and O–H groups in total. The van der Waals surface area contributed by atoms with Crippen molar-refractivity contribution in [3.05, 3.63) is 34.9 Å². The van der Waals surface area contributed by atoms with E-state index in [9.17, 15) is 4.79 Å². The summed E-state index contributed by atoms with van der Waals surface area (Å²) in [6.45, 7) is 6.33. The van der Waals surface area contributed by atoms with E-state index in [1.807, 2.05) is 0 Å². The topological polar surface area (TPSA) is 64.4 Å². The summed E-state index contributed by atoms with van der Waals surface area (Å²) in [5.74, 6) is 0.0586. The van der Waals surface area contributed by atoms with Gasteiger partial charge in [0, 0.05) is 26.3 Å². The Morgan fingerprint density at radius 2 is 2.00 bits per heavy atom. The number of rotatable bonds is 4. The fraction of sp³-hybridized carbons (Fsp3) is 0.562. The molecule has 21 heavy (non-hydrogen) atoms. The van der Waals surface area contributed by atoms with E-state index in [0.717, 1.165) is 5.56 Å². The van der Waals surface area contributed by atoms with Gasteiger partial charge in [0.25, 0.3) is 0 Å². The molecule has 1 fully saturated rings. The molecule has 1 saturated heterocycles. The Morgan fingerprint density at radius 1 is 1.33 bits per heavy atom. The maximum Gasteiger partial charge on any atom is 0.227 e. The normalized spacial score (nSPS) is 16.9. The molecule has 0 aliphatic carbocycles. The molecule has 1 amide bonds. The van der Waals surface area contributed by atoms with Gasteiger partial charge in [-0.2, -0.15) is 0 Å². The largest absolute Gasteiger partial charge is 0.381 e. The van der Waals surface area contributed by atoms with Crippen molar-refractivity contribution < 1.29 is 9.53 Å². The third-order valence-corrected chi connectivity index (χ3v) is 4.26. The fourth-order valence-corrected chi connectivity index (χ4v) is 2.69. The zero-order chi connectivity index (χ0) is 14.6. The van der Waals surface area contributed by atoms with Crippen LogP contribution in [0, 0.1) is 19.3 Å². The Bertz CT molecular complexity index is 485. The molecule has 0 bridgehead atoms. The van der Waals surface area contributed by atoms with Gasteiger partial charge in [-0.15, -0.1) is 12.4 Å². The van der Waals surface area contributed by atoms with Crippen LogP contribution in [-0.4, -0.2) is 25.7 Å². The van der Waals surface area contributed by atoms with Gasteiger partial charge in [-0.05, 0) is 37.8 Å². The van der Waals surface area contributed by atoms with Crippen LogP contribution in [0.25, 0.3) is 0 Å². The minimum absolute atomic E-state index is 0. The van der Waals surface area contributed by atoms with Gasteiger partial charge in [0.05, 0.1) is 5.41 Å². The van der Waals surface area contributed by atoms with Crippen LogP contribution in [0.5, 0.6) is 0 Å². The first-order valence-electron chi connectivity index (χ1n) is 7.20. The van der Waals surface area contributed by atoms with E-state index in [1.54, 1.807) is 0 Å². The monoisotopic (exact) mass is 312 g/mol. The molecule has 0 spiro atoms. The van der Waals surface area contributed by atoms with Gasteiger partial charge in [0.1, 0.15) is 0 Å². The number of ether oxygens (including phenoxy) is 1. The fourth-order valence-electron chi connectivity index (χ4n) is 2.69. The highest BCUT2D eigenvalue weighted by Gasteiger charge is 2.38. The average Bonchev–Trinajstić information content (AvgIpc) is 2.46. The molecular weight excluding hydrogens is 288 g/mol. The quantitative estimate of drug-likeness (QED) is 0.895. The maximum absolute atomic E-state index is 12.5. The standard InChI is InChI=1S/C16H24N2O2.ClH/c1-12-3-4-14(13(2)9-12)10-18-15(19)16(11-17)5-7-20-8-6-16;/h3-4,9H,5-8,10-11,17H2,1-2H3,(H,18,19);1H. The molecule has 1 aromatic carbocycles. The number of halogens is 1. The number of hydrogen-bond acceptors (Lipinski definition) is 3. The molecule has 0 radical (unpaired) electrons. The number of nitrogens with one attached hydrogen (secondary N) is 1. The predicted octanol–water partition coefficient (Wildman–Crippen LogP) is 2.10. The Hall–Kier alpha value is -1.10. The summed E-state index contributed by atoms with van der Waals surface area (Å²) < 4.78 is 5.34. The Labute approximate surface area is 132 Å². The second-order valence-corrected chi connectivity index (χ2v) is 5.71. The van der Waals surface area contributed by atoms with Crippen LogP contribution >= 0.6 is 12.4 Å². The lowest BCUT2D eigenvalue weighted by molar-refractivity contribution is -0.136. The van der Waals surface area contributed by atoms with E-state index in [-0.39, 0.29) is 18.3 Å². The van der Waals surface area contributed by atoms with Crippen LogP contribution in [0.2, 0.25) is 0 Å². The van der Waals surface area contributed by atoms with Crippen molar-refractivity contribution in [3.8, 4) is 0 Å². The molecular formula is C16H25ClN2O2. The summed E-state index contributed by atoms with van der Waals surface area (Å²) >= 11 is 0. The summed E-state index contributed by atoms with van der Waals surface area (Å²) in [6, 6.07) is 6.28. The van der Waals surface area contributed by atoms with Gasteiger partial charge in [-0.1, -0.05) is 23.8 Å². The van der Waals surface area contributed by atoms with Crippen molar-refractivity contribution in [2.24, 2.45) is 11.1 Å². The first-order valence-corrected chi connectivity index (χ1v) is 7.20. The molecule has 1 aliphatic heterocycles. The van der Waals surface area contributed by atoms with Crippen LogP contribution in [-0.2, 0) is 16.1 Å². The Balaban J connectivity index is 0.00000220. The van der Waals surface area contributed by atoms with E-state index in [1.165, 1.54) is 11.1 Å². The molecule has 0 unspecified atom stereocenters. The Morgan fingerprint density at radius 3 is 2.57 bits per heavy atom. The smallest absolute Gasteiger partial charge is 0.227 e. The lowest BCUT2D eigenvalue weighted by Crippen LogP contribution is -2.49. The van der Waals surface area contributed by atoms with Crippen LogP contribution in [0.4, 0.5) is 0 Å². The number of aryl methyl sites for hydroxylation is 2. The minimum atomic E-state index is -0.448. The summed E-state index contributed by atoms with van der Waals surface area (Å²) in [7, 11) is 0. The highest BCUT2D eigenvalue weighted by atomic mass is 35.5. The van der Waals surface area contributed by atoms with Crippen molar-refractivity contribution in [3.63, 3.8) is 0 Å². The van der Waals surface area contributed by atoms with Gasteiger partial charge in [0.2, 0.25) is 5.91 Å². The molecule has 0 aromatic heterocycles. The molecule has 118 valence electrons. The van der Waals surface area contributed by atoms with Gasteiger partial charge in [0.15, 0.2) is 0 Å². The molecule has 1 heterocycles. The predicted molar refractivity (Wildman–Crippen MR) is 86.6 cm³/mol.